The largest absolute Gasteiger partial charge is 0.389 e. The molecule has 0 aliphatic rings. The molecule has 0 saturated carbocycles. The van der Waals surface area contributed by atoms with Crippen LogP contribution in [-0.4, -0.2) is 36.5 Å². The molecule has 0 bridgehead atoms. The lowest BCUT2D eigenvalue weighted by Gasteiger charge is -2.34. The van der Waals surface area contributed by atoms with Crippen LogP contribution in [-0.2, 0) is 4.74 Å². The molecular weight excluding hydrogens is 214 g/mol. The molecule has 3 heteroatoms. The first-order chi connectivity index (χ1) is 7.66. The third kappa shape index (κ3) is 10.5. The Morgan fingerprint density at radius 1 is 1.29 bits per heavy atom. The normalized spacial score (nSPS) is 14.7. The Morgan fingerprint density at radius 3 is 2.35 bits per heavy atom. The van der Waals surface area contributed by atoms with Gasteiger partial charge in [-0.25, -0.2) is 0 Å². The molecule has 0 radical (unpaired) electrons. The van der Waals surface area contributed by atoms with Crippen molar-refractivity contribution in [3.8, 4) is 0 Å². The van der Waals surface area contributed by atoms with Crippen molar-refractivity contribution in [2.45, 2.75) is 52.7 Å². The van der Waals surface area contributed by atoms with Gasteiger partial charge in [0, 0.05) is 12.1 Å². The summed E-state index contributed by atoms with van der Waals surface area (Å²) in [6.07, 6.45) is 2.28. The molecule has 2 N–H and O–H groups in total. The van der Waals surface area contributed by atoms with E-state index in [0.29, 0.717) is 19.8 Å². The van der Waals surface area contributed by atoms with Gasteiger partial charge in [0.15, 0.2) is 0 Å². The molecule has 3 nitrogen and oxygen atoms in total. The second-order valence-electron chi connectivity index (χ2n) is 6.48. The van der Waals surface area contributed by atoms with Crippen LogP contribution < -0.4 is 5.32 Å². The molecule has 0 heterocycles. The van der Waals surface area contributed by atoms with Crippen molar-refractivity contribution < 1.29 is 9.84 Å². The van der Waals surface area contributed by atoms with Gasteiger partial charge in [-0.3, -0.25) is 0 Å². The molecule has 0 aromatic heterocycles. The highest BCUT2D eigenvalue weighted by molar-refractivity contribution is 4.84. The third-order valence-electron chi connectivity index (χ3n) is 2.33. The maximum absolute atomic E-state index is 9.72. The molecule has 0 amide bonds. The maximum Gasteiger partial charge on any atom is 0.0898 e. The molecule has 0 aromatic rings. The van der Waals surface area contributed by atoms with Gasteiger partial charge in [0.05, 0.1) is 19.3 Å². The standard InChI is InChI=1S/C14H29NO2/c1-7-8-17-10-12(16)9-15-14(5,6)11-13(2,3)4/h7,12,15-16H,1,8-11H2,2-6H3/t12-/m1/s1. The summed E-state index contributed by atoms with van der Waals surface area (Å²) in [5.41, 5.74) is 0.304. The Labute approximate surface area is 106 Å². The van der Waals surface area contributed by atoms with Crippen LogP contribution in [0.25, 0.3) is 0 Å². The summed E-state index contributed by atoms with van der Waals surface area (Å²) in [4.78, 5) is 0. The Bertz CT molecular complexity index is 219. The van der Waals surface area contributed by atoms with Gasteiger partial charge in [0.1, 0.15) is 0 Å². The molecule has 0 aliphatic carbocycles. The predicted octanol–water partition coefficient (Wildman–Crippen LogP) is 2.35. The molecule has 0 saturated heterocycles. The van der Waals surface area contributed by atoms with Crippen molar-refractivity contribution in [2.75, 3.05) is 19.8 Å². The average Bonchev–Trinajstić information content (AvgIpc) is 2.12. The number of hydrogen-bond acceptors (Lipinski definition) is 3. The SMILES string of the molecule is C=CCOC[C@H](O)CNC(C)(C)CC(C)(C)C. The molecule has 0 fully saturated rings. The van der Waals surface area contributed by atoms with E-state index in [2.05, 4.69) is 46.5 Å². The molecular formula is C14H29NO2. The zero-order chi connectivity index (χ0) is 13.5. The van der Waals surface area contributed by atoms with Crippen molar-refractivity contribution >= 4 is 0 Å². The Hall–Kier alpha value is -0.380. The lowest BCUT2D eigenvalue weighted by atomic mass is 9.82. The van der Waals surface area contributed by atoms with Crippen molar-refractivity contribution in [1.82, 2.24) is 5.32 Å². The highest BCUT2D eigenvalue weighted by Crippen LogP contribution is 2.26. The molecule has 102 valence electrons. The van der Waals surface area contributed by atoms with Gasteiger partial charge in [0.2, 0.25) is 0 Å². The van der Waals surface area contributed by atoms with Crippen LogP contribution >= 0.6 is 0 Å². The first kappa shape index (κ1) is 16.6. The van der Waals surface area contributed by atoms with Gasteiger partial charge in [-0.05, 0) is 25.7 Å². The van der Waals surface area contributed by atoms with E-state index in [1.165, 1.54) is 0 Å². The fourth-order valence-corrected chi connectivity index (χ4v) is 2.13. The zero-order valence-electron chi connectivity index (χ0n) is 12.0. The van der Waals surface area contributed by atoms with Crippen molar-refractivity contribution in [2.24, 2.45) is 5.41 Å². The molecule has 0 spiro atoms. The molecule has 1 atom stereocenters. The smallest absolute Gasteiger partial charge is 0.0898 e. The van der Waals surface area contributed by atoms with Crippen LogP contribution in [0.4, 0.5) is 0 Å². The Morgan fingerprint density at radius 2 is 1.88 bits per heavy atom. The van der Waals surface area contributed by atoms with E-state index in [1.54, 1.807) is 6.08 Å². The lowest BCUT2D eigenvalue weighted by molar-refractivity contribution is 0.0437. The minimum Gasteiger partial charge on any atom is -0.389 e. The summed E-state index contributed by atoms with van der Waals surface area (Å²) in [7, 11) is 0. The van der Waals surface area contributed by atoms with Gasteiger partial charge in [-0.15, -0.1) is 6.58 Å². The third-order valence-corrected chi connectivity index (χ3v) is 2.33. The number of nitrogens with one attached hydrogen (secondary N) is 1. The number of aliphatic hydroxyl groups excluding tert-OH is 1. The maximum atomic E-state index is 9.72. The molecule has 0 aliphatic heterocycles. The van der Waals surface area contributed by atoms with E-state index < -0.39 is 6.10 Å². The molecule has 17 heavy (non-hydrogen) atoms. The first-order valence-corrected chi connectivity index (χ1v) is 6.28. The van der Waals surface area contributed by atoms with Crippen molar-refractivity contribution in [3.63, 3.8) is 0 Å². The number of rotatable bonds is 8. The highest BCUT2D eigenvalue weighted by Gasteiger charge is 2.25. The van der Waals surface area contributed by atoms with Crippen molar-refractivity contribution in [1.29, 1.82) is 0 Å². The topological polar surface area (TPSA) is 41.5 Å². The Kier molecular flexibility index (Phi) is 6.98. The minimum absolute atomic E-state index is 0.0255. The van der Waals surface area contributed by atoms with Crippen molar-refractivity contribution in [3.05, 3.63) is 12.7 Å². The van der Waals surface area contributed by atoms with Gasteiger partial charge in [-0.1, -0.05) is 26.8 Å². The zero-order valence-corrected chi connectivity index (χ0v) is 12.0. The summed E-state index contributed by atoms with van der Waals surface area (Å²) in [5.74, 6) is 0. The highest BCUT2D eigenvalue weighted by atomic mass is 16.5. The predicted molar refractivity (Wildman–Crippen MR) is 73.2 cm³/mol. The minimum atomic E-state index is -0.464. The summed E-state index contributed by atoms with van der Waals surface area (Å²) in [5, 5.41) is 13.1. The van der Waals surface area contributed by atoms with Crippen LogP contribution in [0, 0.1) is 5.41 Å². The van der Waals surface area contributed by atoms with Gasteiger partial charge >= 0.3 is 0 Å². The van der Waals surface area contributed by atoms with Crippen LogP contribution in [0.2, 0.25) is 0 Å². The summed E-state index contributed by atoms with van der Waals surface area (Å²) in [6, 6.07) is 0. The Balaban J connectivity index is 3.88. The van der Waals surface area contributed by atoms with E-state index >= 15 is 0 Å². The van der Waals surface area contributed by atoms with E-state index in [1.807, 2.05) is 0 Å². The molecule has 0 aromatic carbocycles. The number of β-amino-alcohol motifs (C(OH)–C–C–N with tert-alkyl or cyclic N) is 1. The summed E-state index contributed by atoms with van der Waals surface area (Å²) >= 11 is 0. The number of ether oxygens (including phenoxy) is 1. The number of aliphatic hydroxyl groups is 1. The van der Waals surface area contributed by atoms with Gasteiger partial charge in [0.25, 0.3) is 0 Å². The molecule has 0 unspecified atom stereocenters. The second kappa shape index (κ2) is 7.14. The fraction of sp³-hybridized carbons (Fsp3) is 0.857. The van der Waals surface area contributed by atoms with E-state index in [0.717, 1.165) is 6.42 Å². The van der Waals surface area contributed by atoms with Crippen LogP contribution in [0.1, 0.15) is 41.0 Å². The van der Waals surface area contributed by atoms with Crippen LogP contribution in [0.15, 0.2) is 12.7 Å². The second-order valence-corrected chi connectivity index (χ2v) is 6.48. The summed E-state index contributed by atoms with van der Waals surface area (Å²) in [6.45, 7) is 15.9. The van der Waals surface area contributed by atoms with Crippen LogP contribution in [0.5, 0.6) is 0 Å². The monoisotopic (exact) mass is 243 g/mol. The average molecular weight is 243 g/mol. The van der Waals surface area contributed by atoms with E-state index in [4.69, 9.17) is 4.74 Å². The number of hydrogen-bond donors (Lipinski definition) is 2. The summed E-state index contributed by atoms with van der Waals surface area (Å²) < 4.78 is 5.20. The van der Waals surface area contributed by atoms with E-state index in [9.17, 15) is 5.11 Å². The quantitative estimate of drug-likeness (QED) is 0.508. The molecule has 0 rings (SSSR count). The van der Waals surface area contributed by atoms with Crippen LogP contribution in [0.3, 0.4) is 0 Å². The van der Waals surface area contributed by atoms with Gasteiger partial charge in [-0.2, -0.15) is 0 Å². The lowest BCUT2D eigenvalue weighted by Crippen LogP contribution is -2.46. The first-order valence-electron chi connectivity index (χ1n) is 6.28. The fourth-order valence-electron chi connectivity index (χ4n) is 2.13. The van der Waals surface area contributed by atoms with Gasteiger partial charge < -0.3 is 15.2 Å². The van der Waals surface area contributed by atoms with E-state index in [-0.39, 0.29) is 11.0 Å².